The number of nitrogens with one attached hydrogen (secondary N) is 1. The zero-order valence-corrected chi connectivity index (χ0v) is 16.1. The van der Waals surface area contributed by atoms with Crippen molar-refractivity contribution in [2.45, 2.75) is 26.8 Å². The highest BCUT2D eigenvalue weighted by Gasteiger charge is 2.33. The second kappa shape index (κ2) is 10.5. The number of carbonyl (C=O) groups excluding carboxylic acids is 3. The molecule has 1 rings (SSSR count). The summed E-state index contributed by atoms with van der Waals surface area (Å²) in [5, 5.41) is 11.6. The lowest BCUT2D eigenvalue weighted by atomic mass is 9.93. The number of benzene rings is 1. The van der Waals surface area contributed by atoms with Crippen LogP contribution in [0.25, 0.3) is 0 Å². The first-order valence-corrected chi connectivity index (χ1v) is 9.13. The molecule has 0 saturated heterocycles. The van der Waals surface area contributed by atoms with E-state index in [2.05, 4.69) is 10.2 Å². The lowest BCUT2D eigenvalue weighted by Gasteiger charge is -2.25. The highest BCUT2D eigenvalue weighted by Crippen LogP contribution is 2.18. The quantitative estimate of drug-likeness (QED) is 0.360. The molecule has 0 aliphatic carbocycles. The van der Waals surface area contributed by atoms with Gasteiger partial charge in [-0.15, -0.1) is 10.1 Å². The summed E-state index contributed by atoms with van der Waals surface area (Å²) in [4.78, 5) is 51.3. The molecule has 0 fully saturated rings. The molecule has 148 valence electrons. The molecule has 1 atom stereocenters. The van der Waals surface area contributed by atoms with E-state index < -0.39 is 35.0 Å². The van der Waals surface area contributed by atoms with Crippen molar-refractivity contribution in [3.8, 4) is 0 Å². The molecule has 1 unspecified atom stereocenters. The second-order valence-corrected chi connectivity index (χ2v) is 7.12. The molecule has 0 saturated carbocycles. The number of esters is 1. The van der Waals surface area contributed by atoms with Crippen molar-refractivity contribution in [1.82, 2.24) is 5.32 Å². The summed E-state index contributed by atoms with van der Waals surface area (Å²) in [5.74, 6) is -1.36. The van der Waals surface area contributed by atoms with E-state index in [1.54, 1.807) is 37.3 Å². The third-order valence-corrected chi connectivity index (χ3v) is 4.41. The van der Waals surface area contributed by atoms with E-state index in [0.29, 0.717) is 5.56 Å². The number of thioether (sulfide) groups is 1. The minimum Gasteiger partial charge on any atom is -0.464 e. The Labute approximate surface area is 160 Å². The Morgan fingerprint density at radius 2 is 1.89 bits per heavy atom. The van der Waals surface area contributed by atoms with Crippen molar-refractivity contribution in [1.29, 1.82) is 0 Å². The molecule has 0 bridgehead atoms. The second-order valence-electron chi connectivity index (χ2n) is 6.12. The normalized spacial score (nSPS) is 12.0. The van der Waals surface area contributed by atoms with Crippen LogP contribution in [0.2, 0.25) is 0 Å². The van der Waals surface area contributed by atoms with Crippen LogP contribution in [0.15, 0.2) is 30.3 Å². The van der Waals surface area contributed by atoms with Crippen LogP contribution in [-0.4, -0.2) is 47.1 Å². The van der Waals surface area contributed by atoms with E-state index in [1.165, 1.54) is 13.8 Å². The highest BCUT2D eigenvalue weighted by atomic mass is 32.2. The fourth-order valence-corrected chi connectivity index (χ4v) is 2.70. The van der Waals surface area contributed by atoms with Gasteiger partial charge in [-0.05, 0) is 20.8 Å². The van der Waals surface area contributed by atoms with Gasteiger partial charge in [0, 0.05) is 11.3 Å². The number of nitrogens with zero attached hydrogens (tertiary/aromatic N) is 1. The van der Waals surface area contributed by atoms with Crippen molar-refractivity contribution >= 4 is 28.8 Å². The number of rotatable bonds is 10. The summed E-state index contributed by atoms with van der Waals surface area (Å²) in [5.41, 5.74) is -0.789. The van der Waals surface area contributed by atoms with Crippen LogP contribution in [0, 0.1) is 15.5 Å². The summed E-state index contributed by atoms with van der Waals surface area (Å²) in [7, 11) is 0. The van der Waals surface area contributed by atoms with E-state index >= 15 is 0 Å². The summed E-state index contributed by atoms with van der Waals surface area (Å²) < 4.78 is 4.94. The topological polar surface area (TPSA) is 125 Å². The van der Waals surface area contributed by atoms with Gasteiger partial charge in [-0.3, -0.25) is 9.59 Å². The molecule has 27 heavy (non-hydrogen) atoms. The van der Waals surface area contributed by atoms with Crippen LogP contribution < -0.4 is 5.32 Å². The lowest BCUT2D eigenvalue weighted by Crippen LogP contribution is -2.50. The lowest BCUT2D eigenvalue weighted by molar-refractivity contribution is -0.760. The molecular weight excluding hydrogens is 376 g/mol. The smallest absolute Gasteiger partial charge is 0.329 e. The first kappa shape index (κ1) is 22.4. The van der Waals surface area contributed by atoms with E-state index in [1.807, 2.05) is 0 Å². The average Bonchev–Trinajstić information content (AvgIpc) is 2.63. The number of carbonyl (C=O) groups is 3. The molecule has 0 aromatic heterocycles. The minimum atomic E-state index is -1.26. The Morgan fingerprint density at radius 3 is 2.44 bits per heavy atom. The van der Waals surface area contributed by atoms with Crippen molar-refractivity contribution in [3.05, 3.63) is 46.0 Å². The van der Waals surface area contributed by atoms with Gasteiger partial charge < -0.3 is 14.9 Å². The maximum atomic E-state index is 12.4. The van der Waals surface area contributed by atoms with Gasteiger partial charge in [0.2, 0.25) is 11.0 Å². The molecule has 0 aliphatic rings. The minimum absolute atomic E-state index is 0.0372. The predicted octanol–water partition coefficient (Wildman–Crippen LogP) is 1.84. The molecule has 0 aliphatic heterocycles. The summed E-state index contributed by atoms with van der Waals surface area (Å²) >= 11 is 0.869. The van der Waals surface area contributed by atoms with Crippen LogP contribution in [-0.2, 0) is 19.2 Å². The van der Waals surface area contributed by atoms with E-state index in [0.717, 1.165) is 11.8 Å². The van der Waals surface area contributed by atoms with E-state index in [4.69, 9.17) is 4.74 Å². The van der Waals surface area contributed by atoms with Crippen molar-refractivity contribution in [3.63, 3.8) is 0 Å². The standard InChI is InChI=1S/C17H22N2O7S/c1-4-25-14(20)13(10-27-15(21)12-8-6-5-7-9-12)18-16(22)17(2,3)11-26-19(23)24/h5-9,13H,4,10-11H2,1-3H3,(H,18,22). The van der Waals surface area contributed by atoms with Gasteiger partial charge in [0.15, 0.2) is 0 Å². The fraction of sp³-hybridized carbons (Fsp3) is 0.471. The van der Waals surface area contributed by atoms with Crippen LogP contribution >= 0.6 is 11.8 Å². The number of ether oxygens (including phenoxy) is 1. The zero-order valence-electron chi connectivity index (χ0n) is 15.3. The van der Waals surface area contributed by atoms with E-state index in [-0.39, 0.29) is 17.5 Å². The van der Waals surface area contributed by atoms with Gasteiger partial charge in [-0.2, -0.15) is 0 Å². The third kappa shape index (κ3) is 7.65. The first-order chi connectivity index (χ1) is 12.7. The fourth-order valence-electron chi connectivity index (χ4n) is 1.86. The Kier molecular flexibility index (Phi) is 8.73. The van der Waals surface area contributed by atoms with Crippen molar-refractivity contribution in [2.75, 3.05) is 19.0 Å². The molecule has 1 N–H and O–H groups in total. The number of hydrogen-bond donors (Lipinski definition) is 1. The van der Waals surface area contributed by atoms with Gasteiger partial charge >= 0.3 is 5.97 Å². The first-order valence-electron chi connectivity index (χ1n) is 8.14. The Morgan fingerprint density at radius 1 is 1.26 bits per heavy atom. The molecule has 1 amide bonds. The summed E-state index contributed by atoms with van der Waals surface area (Å²) in [6.07, 6.45) is 0. The molecule has 9 nitrogen and oxygen atoms in total. The van der Waals surface area contributed by atoms with Crippen molar-refractivity contribution in [2.24, 2.45) is 5.41 Å². The van der Waals surface area contributed by atoms with Crippen LogP contribution in [0.3, 0.4) is 0 Å². The van der Waals surface area contributed by atoms with Crippen molar-refractivity contribution < 1.29 is 29.0 Å². The van der Waals surface area contributed by atoms with Gasteiger partial charge in [0.05, 0.1) is 12.0 Å². The molecule has 1 aromatic carbocycles. The van der Waals surface area contributed by atoms with Crippen LogP contribution in [0.5, 0.6) is 0 Å². The Hall–Kier alpha value is -2.62. The molecule has 0 heterocycles. The Bertz CT molecular complexity index is 679. The van der Waals surface area contributed by atoms with E-state index in [9.17, 15) is 24.5 Å². The highest BCUT2D eigenvalue weighted by molar-refractivity contribution is 8.14. The summed E-state index contributed by atoms with van der Waals surface area (Å²) in [6, 6.07) is 7.42. The molecular formula is C17H22N2O7S. The predicted molar refractivity (Wildman–Crippen MR) is 98.5 cm³/mol. The zero-order chi connectivity index (χ0) is 20.4. The molecule has 10 heteroatoms. The maximum Gasteiger partial charge on any atom is 0.329 e. The van der Waals surface area contributed by atoms with Gasteiger partial charge in [-0.1, -0.05) is 42.1 Å². The maximum absolute atomic E-state index is 12.4. The average molecular weight is 398 g/mol. The van der Waals surface area contributed by atoms with Gasteiger partial charge in [-0.25, -0.2) is 4.79 Å². The molecule has 0 radical (unpaired) electrons. The van der Waals surface area contributed by atoms with Crippen LogP contribution in [0.4, 0.5) is 0 Å². The SMILES string of the molecule is CCOC(=O)C(CSC(=O)c1ccccc1)NC(=O)C(C)(C)CO[N+](=O)[O-]. The number of amides is 1. The van der Waals surface area contributed by atoms with Gasteiger partial charge in [0.1, 0.15) is 12.6 Å². The monoisotopic (exact) mass is 398 g/mol. The third-order valence-electron chi connectivity index (χ3n) is 3.41. The summed E-state index contributed by atoms with van der Waals surface area (Å²) in [6.45, 7) is 4.13. The Balaban J connectivity index is 2.76. The molecule has 1 aromatic rings. The largest absolute Gasteiger partial charge is 0.464 e. The van der Waals surface area contributed by atoms with Crippen LogP contribution in [0.1, 0.15) is 31.1 Å². The van der Waals surface area contributed by atoms with Gasteiger partial charge in [0.25, 0.3) is 5.09 Å². The number of hydrogen-bond acceptors (Lipinski definition) is 8. The molecule has 0 spiro atoms.